The first-order valence-electron chi connectivity index (χ1n) is 5.95. The summed E-state index contributed by atoms with van der Waals surface area (Å²) in [6, 6.07) is 7.06. The summed E-state index contributed by atoms with van der Waals surface area (Å²) in [6.07, 6.45) is 7.43. The molecule has 0 saturated heterocycles. The van der Waals surface area contributed by atoms with Crippen molar-refractivity contribution in [2.24, 2.45) is 0 Å². The first kappa shape index (κ1) is 11.7. The summed E-state index contributed by atoms with van der Waals surface area (Å²) >= 11 is 0. The molecule has 0 spiro atoms. The van der Waals surface area contributed by atoms with Gasteiger partial charge in [-0.15, -0.1) is 12.4 Å². The van der Waals surface area contributed by atoms with Crippen molar-refractivity contribution < 1.29 is 0 Å². The van der Waals surface area contributed by atoms with E-state index in [1.807, 2.05) is 0 Å². The molecule has 0 amide bonds. The van der Waals surface area contributed by atoms with Gasteiger partial charge in [-0.2, -0.15) is 0 Å². The van der Waals surface area contributed by atoms with Gasteiger partial charge < -0.3 is 5.32 Å². The number of halogens is 1. The van der Waals surface area contributed by atoms with Gasteiger partial charge in [0.2, 0.25) is 0 Å². The summed E-state index contributed by atoms with van der Waals surface area (Å²) in [4.78, 5) is 0. The van der Waals surface area contributed by atoms with Gasteiger partial charge in [-0.05, 0) is 54.5 Å². The van der Waals surface area contributed by atoms with Crippen LogP contribution in [0.4, 0.5) is 0 Å². The molecule has 0 fully saturated rings. The van der Waals surface area contributed by atoms with Gasteiger partial charge in [0.1, 0.15) is 0 Å². The number of fused-ring (bicyclic) bond motifs is 1. The van der Waals surface area contributed by atoms with E-state index in [9.17, 15) is 0 Å². The van der Waals surface area contributed by atoms with Gasteiger partial charge in [0.25, 0.3) is 0 Å². The fourth-order valence-corrected chi connectivity index (χ4v) is 2.66. The van der Waals surface area contributed by atoms with Crippen LogP contribution in [0, 0.1) is 0 Å². The van der Waals surface area contributed by atoms with Crippen LogP contribution in [0.1, 0.15) is 29.5 Å². The van der Waals surface area contributed by atoms with Gasteiger partial charge in [-0.25, -0.2) is 0 Å². The third kappa shape index (κ3) is 2.16. The van der Waals surface area contributed by atoms with E-state index >= 15 is 0 Å². The van der Waals surface area contributed by atoms with Crippen molar-refractivity contribution in [3.8, 4) is 0 Å². The number of benzene rings is 1. The Hall–Kier alpha value is -0.790. The fourth-order valence-electron chi connectivity index (χ4n) is 2.66. The molecule has 3 rings (SSSR count). The molecular formula is C14H18ClN. The van der Waals surface area contributed by atoms with Crippen LogP contribution in [0.25, 0.3) is 5.57 Å². The van der Waals surface area contributed by atoms with Crippen LogP contribution in [0.2, 0.25) is 0 Å². The molecule has 0 radical (unpaired) electrons. The molecule has 0 aromatic heterocycles. The van der Waals surface area contributed by atoms with E-state index in [0.717, 1.165) is 13.1 Å². The van der Waals surface area contributed by atoms with Crippen molar-refractivity contribution in [1.82, 2.24) is 5.32 Å². The average molecular weight is 236 g/mol. The third-order valence-electron chi connectivity index (χ3n) is 3.53. The fraction of sp³-hybridized carbons (Fsp3) is 0.429. The lowest BCUT2D eigenvalue weighted by atomic mass is 9.97. The standard InChI is InChI=1S/C14H17N.ClH/c1-2-11-4-5-14(10-13(11)3-1)12-6-8-15-9-7-12;/h4-6,10,15H,1-3,7-9H2;1H. The zero-order valence-corrected chi connectivity index (χ0v) is 10.3. The molecule has 86 valence electrons. The summed E-state index contributed by atoms with van der Waals surface area (Å²) in [7, 11) is 0. The molecule has 0 saturated carbocycles. The van der Waals surface area contributed by atoms with Gasteiger partial charge in [-0.1, -0.05) is 24.3 Å². The molecule has 1 nitrogen and oxygen atoms in total. The van der Waals surface area contributed by atoms with E-state index in [2.05, 4.69) is 29.6 Å². The Morgan fingerprint density at radius 1 is 1.00 bits per heavy atom. The summed E-state index contributed by atoms with van der Waals surface area (Å²) in [5.74, 6) is 0. The molecule has 1 aromatic rings. The van der Waals surface area contributed by atoms with E-state index in [1.165, 1.54) is 36.8 Å². The lowest BCUT2D eigenvalue weighted by Gasteiger charge is -2.15. The minimum Gasteiger partial charge on any atom is -0.313 e. The third-order valence-corrected chi connectivity index (χ3v) is 3.53. The van der Waals surface area contributed by atoms with Crippen LogP contribution < -0.4 is 5.32 Å². The highest BCUT2D eigenvalue weighted by molar-refractivity contribution is 5.85. The van der Waals surface area contributed by atoms with Crippen LogP contribution in [0.3, 0.4) is 0 Å². The zero-order valence-electron chi connectivity index (χ0n) is 9.46. The molecular weight excluding hydrogens is 218 g/mol. The molecule has 0 unspecified atom stereocenters. The highest BCUT2D eigenvalue weighted by Gasteiger charge is 2.12. The van der Waals surface area contributed by atoms with E-state index < -0.39 is 0 Å². The van der Waals surface area contributed by atoms with Crippen LogP contribution in [-0.4, -0.2) is 13.1 Å². The van der Waals surface area contributed by atoms with E-state index in [1.54, 1.807) is 11.1 Å². The zero-order chi connectivity index (χ0) is 10.1. The molecule has 1 aromatic carbocycles. The SMILES string of the molecule is C1=C(c2ccc3c(c2)CCC3)CCNC1.Cl. The maximum absolute atomic E-state index is 3.36. The Balaban J connectivity index is 0.000000963. The van der Waals surface area contributed by atoms with E-state index in [-0.39, 0.29) is 12.4 Å². The first-order valence-corrected chi connectivity index (χ1v) is 5.95. The van der Waals surface area contributed by atoms with E-state index in [0.29, 0.717) is 0 Å². The maximum Gasteiger partial charge on any atom is 0.0140 e. The second-order valence-corrected chi connectivity index (χ2v) is 4.52. The van der Waals surface area contributed by atoms with Crippen molar-refractivity contribution in [3.63, 3.8) is 0 Å². The minimum absolute atomic E-state index is 0. The highest BCUT2D eigenvalue weighted by Crippen LogP contribution is 2.27. The van der Waals surface area contributed by atoms with Crippen molar-refractivity contribution in [2.45, 2.75) is 25.7 Å². The molecule has 0 bridgehead atoms. The number of hydrogen-bond donors (Lipinski definition) is 1. The smallest absolute Gasteiger partial charge is 0.0140 e. The monoisotopic (exact) mass is 235 g/mol. The second-order valence-electron chi connectivity index (χ2n) is 4.52. The maximum atomic E-state index is 3.36. The number of nitrogens with one attached hydrogen (secondary N) is 1. The Morgan fingerprint density at radius 2 is 1.88 bits per heavy atom. The minimum atomic E-state index is 0. The molecule has 1 aliphatic carbocycles. The number of hydrogen-bond acceptors (Lipinski definition) is 1. The number of aryl methyl sites for hydroxylation is 2. The van der Waals surface area contributed by atoms with Crippen LogP contribution >= 0.6 is 12.4 Å². The number of rotatable bonds is 1. The van der Waals surface area contributed by atoms with Gasteiger partial charge in [0, 0.05) is 6.54 Å². The largest absolute Gasteiger partial charge is 0.313 e. The summed E-state index contributed by atoms with van der Waals surface area (Å²) in [5, 5.41) is 3.36. The molecule has 0 atom stereocenters. The van der Waals surface area contributed by atoms with E-state index in [4.69, 9.17) is 0 Å². The van der Waals surface area contributed by atoms with Crippen molar-refractivity contribution >= 4 is 18.0 Å². The lowest BCUT2D eigenvalue weighted by Crippen LogP contribution is -2.20. The lowest BCUT2D eigenvalue weighted by molar-refractivity contribution is 0.738. The molecule has 1 aliphatic heterocycles. The molecule has 16 heavy (non-hydrogen) atoms. The summed E-state index contributed by atoms with van der Waals surface area (Å²) in [5.41, 5.74) is 6.15. The van der Waals surface area contributed by atoms with Crippen molar-refractivity contribution in [2.75, 3.05) is 13.1 Å². The average Bonchev–Trinajstić information content (AvgIpc) is 2.77. The molecule has 1 N–H and O–H groups in total. The van der Waals surface area contributed by atoms with Crippen LogP contribution in [0.5, 0.6) is 0 Å². The Morgan fingerprint density at radius 3 is 2.69 bits per heavy atom. The van der Waals surface area contributed by atoms with Crippen LogP contribution in [0.15, 0.2) is 24.3 Å². The summed E-state index contributed by atoms with van der Waals surface area (Å²) < 4.78 is 0. The van der Waals surface area contributed by atoms with Crippen LogP contribution in [-0.2, 0) is 12.8 Å². The molecule has 1 heterocycles. The van der Waals surface area contributed by atoms with Gasteiger partial charge >= 0.3 is 0 Å². The Bertz CT molecular complexity index is 409. The van der Waals surface area contributed by atoms with Crippen molar-refractivity contribution in [1.29, 1.82) is 0 Å². The predicted octanol–water partition coefficient (Wildman–Crippen LogP) is 2.97. The quantitative estimate of drug-likeness (QED) is 0.789. The predicted molar refractivity (Wildman–Crippen MR) is 71.2 cm³/mol. The Kier molecular flexibility index (Phi) is 3.67. The van der Waals surface area contributed by atoms with Gasteiger partial charge in [0.15, 0.2) is 0 Å². The van der Waals surface area contributed by atoms with Crippen molar-refractivity contribution in [3.05, 3.63) is 41.0 Å². The topological polar surface area (TPSA) is 12.0 Å². The Labute approximate surface area is 103 Å². The van der Waals surface area contributed by atoms with Gasteiger partial charge in [0.05, 0.1) is 0 Å². The van der Waals surface area contributed by atoms with Gasteiger partial charge in [-0.3, -0.25) is 0 Å². The second kappa shape index (κ2) is 5.03. The molecule has 2 heteroatoms. The molecule has 2 aliphatic rings. The highest BCUT2D eigenvalue weighted by atomic mass is 35.5. The first-order chi connectivity index (χ1) is 7.43. The summed E-state index contributed by atoms with van der Waals surface area (Å²) in [6.45, 7) is 2.16. The normalized spacial score (nSPS) is 18.6.